The highest BCUT2D eigenvalue weighted by Gasteiger charge is 2.02. The quantitative estimate of drug-likeness (QED) is 0.875. The number of hydrogen-bond donors (Lipinski definition) is 1. The molecule has 0 radical (unpaired) electrons. The van der Waals surface area contributed by atoms with E-state index in [1.165, 1.54) is 0 Å². The minimum atomic E-state index is -0.193. The maximum atomic E-state index is 11.3. The highest BCUT2D eigenvalue weighted by Crippen LogP contribution is 2.16. The summed E-state index contributed by atoms with van der Waals surface area (Å²) in [5.41, 5.74) is 0. The number of carbonyl (C=O) groups is 1. The minimum Gasteiger partial charge on any atom is -0.497 e. The normalized spacial score (nSPS) is 9.53. The molecule has 5 heteroatoms. The summed E-state index contributed by atoms with van der Waals surface area (Å²) < 4.78 is 11.0. The lowest BCUT2D eigenvalue weighted by atomic mass is 10.3. The molecule has 0 bridgehead atoms. The van der Waals surface area contributed by atoms with Gasteiger partial charge in [0.15, 0.2) is 6.61 Å². The summed E-state index contributed by atoms with van der Waals surface area (Å²) >= 11 is 3.15. The van der Waals surface area contributed by atoms with E-state index in [0.29, 0.717) is 12.3 Å². The molecule has 1 rings (SSSR count). The molecule has 0 aliphatic carbocycles. The van der Waals surface area contributed by atoms with E-state index in [1.807, 2.05) is 0 Å². The molecule has 4 nitrogen and oxygen atoms in total. The fraction of sp³-hybridized carbons (Fsp3) is 0.250. The maximum Gasteiger partial charge on any atom is 0.258 e. The number of amides is 1. The predicted octanol–water partition coefficient (Wildman–Crippen LogP) is 2.10. The van der Waals surface area contributed by atoms with Gasteiger partial charge in [0.1, 0.15) is 11.5 Å². The molecule has 0 aliphatic rings. The van der Waals surface area contributed by atoms with Gasteiger partial charge in [0.25, 0.3) is 5.91 Å². The molecular weight excluding hydrogens is 286 g/mol. The third-order valence-electron chi connectivity index (χ3n) is 1.91. The zero-order valence-electron chi connectivity index (χ0n) is 9.53. The van der Waals surface area contributed by atoms with Gasteiger partial charge in [-0.25, -0.2) is 0 Å². The number of hydrogen-bond acceptors (Lipinski definition) is 3. The van der Waals surface area contributed by atoms with Crippen molar-refractivity contribution in [1.82, 2.24) is 5.32 Å². The summed E-state index contributed by atoms with van der Waals surface area (Å²) in [4.78, 5) is 11.3. The van der Waals surface area contributed by atoms with Crippen molar-refractivity contribution in [2.45, 2.75) is 0 Å². The van der Waals surface area contributed by atoms with Gasteiger partial charge < -0.3 is 14.8 Å². The first kappa shape index (κ1) is 13.6. The largest absolute Gasteiger partial charge is 0.497 e. The lowest BCUT2D eigenvalue weighted by Crippen LogP contribution is -2.29. The highest BCUT2D eigenvalue weighted by atomic mass is 79.9. The number of carbonyl (C=O) groups excluding carboxylic acids is 1. The van der Waals surface area contributed by atoms with Crippen molar-refractivity contribution in [2.75, 3.05) is 20.3 Å². The van der Waals surface area contributed by atoms with Crippen LogP contribution in [0.25, 0.3) is 0 Å². The van der Waals surface area contributed by atoms with Gasteiger partial charge in [0, 0.05) is 11.0 Å². The van der Waals surface area contributed by atoms with E-state index in [4.69, 9.17) is 9.47 Å². The Bertz CT molecular complexity index is 389. The van der Waals surface area contributed by atoms with Gasteiger partial charge in [-0.15, -0.1) is 0 Å². The molecule has 0 fully saturated rings. The van der Waals surface area contributed by atoms with Gasteiger partial charge in [-0.3, -0.25) is 4.79 Å². The molecule has 1 amide bonds. The van der Waals surface area contributed by atoms with Crippen molar-refractivity contribution in [1.29, 1.82) is 0 Å². The fourth-order valence-electron chi connectivity index (χ4n) is 1.07. The smallest absolute Gasteiger partial charge is 0.258 e. The Morgan fingerprint density at radius 3 is 2.47 bits per heavy atom. The Morgan fingerprint density at radius 2 is 1.94 bits per heavy atom. The molecule has 0 saturated carbocycles. The van der Waals surface area contributed by atoms with Crippen molar-refractivity contribution in [2.24, 2.45) is 0 Å². The van der Waals surface area contributed by atoms with E-state index in [-0.39, 0.29) is 12.5 Å². The van der Waals surface area contributed by atoms with Crippen LogP contribution < -0.4 is 14.8 Å². The summed E-state index contributed by atoms with van der Waals surface area (Å²) in [5, 5.41) is 2.64. The van der Waals surface area contributed by atoms with Crippen molar-refractivity contribution in [3.05, 3.63) is 35.3 Å². The van der Waals surface area contributed by atoms with Crippen molar-refractivity contribution < 1.29 is 14.3 Å². The van der Waals surface area contributed by atoms with E-state index in [0.717, 1.165) is 10.2 Å². The lowest BCUT2D eigenvalue weighted by molar-refractivity contribution is -0.122. The van der Waals surface area contributed by atoms with Crippen molar-refractivity contribution in [3.63, 3.8) is 0 Å². The molecule has 1 aromatic carbocycles. The monoisotopic (exact) mass is 299 g/mol. The molecule has 1 aromatic rings. The van der Waals surface area contributed by atoms with E-state index in [9.17, 15) is 4.79 Å². The van der Waals surface area contributed by atoms with Gasteiger partial charge in [-0.2, -0.15) is 0 Å². The van der Waals surface area contributed by atoms with Gasteiger partial charge >= 0.3 is 0 Å². The number of rotatable bonds is 6. The standard InChI is InChI=1S/C12H14BrNO3/c1-9(13)7-14-12(15)8-17-11-5-3-10(16-2)4-6-11/h3-6H,1,7-8H2,2H3,(H,14,15). The molecule has 0 atom stereocenters. The number of ether oxygens (including phenoxy) is 2. The first-order valence-electron chi connectivity index (χ1n) is 4.98. The Balaban J connectivity index is 2.34. The molecule has 17 heavy (non-hydrogen) atoms. The van der Waals surface area contributed by atoms with Crippen LogP contribution in [0.1, 0.15) is 0 Å². The second kappa shape index (κ2) is 6.96. The SMILES string of the molecule is C=C(Br)CNC(=O)COc1ccc(OC)cc1. The van der Waals surface area contributed by atoms with Crippen molar-refractivity contribution >= 4 is 21.8 Å². The molecule has 0 saturated heterocycles. The zero-order chi connectivity index (χ0) is 12.7. The molecule has 0 aliphatic heterocycles. The van der Waals surface area contributed by atoms with Crippen LogP contribution in [0.3, 0.4) is 0 Å². The van der Waals surface area contributed by atoms with Gasteiger partial charge in [0.2, 0.25) is 0 Å². The Labute approximate surface area is 109 Å². The number of methoxy groups -OCH3 is 1. The van der Waals surface area contributed by atoms with Gasteiger partial charge in [-0.05, 0) is 24.3 Å². The second-order valence-corrected chi connectivity index (χ2v) is 4.38. The van der Waals surface area contributed by atoms with Crippen LogP contribution in [0, 0.1) is 0 Å². The molecule has 1 N–H and O–H groups in total. The number of halogens is 1. The predicted molar refractivity (Wildman–Crippen MR) is 69.6 cm³/mol. The third kappa shape index (κ3) is 5.40. The topological polar surface area (TPSA) is 47.6 Å². The Kier molecular flexibility index (Phi) is 5.56. The summed E-state index contributed by atoms with van der Waals surface area (Å²) in [6, 6.07) is 7.03. The molecule has 0 aromatic heterocycles. The fourth-order valence-corrected chi connectivity index (χ4v) is 1.21. The van der Waals surface area contributed by atoms with Crippen LogP contribution in [-0.4, -0.2) is 26.2 Å². The molecule has 92 valence electrons. The van der Waals surface area contributed by atoms with Crippen LogP contribution >= 0.6 is 15.9 Å². The number of benzene rings is 1. The maximum absolute atomic E-state index is 11.3. The Morgan fingerprint density at radius 1 is 1.35 bits per heavy atom. The van der Waals surface area contributed by atoms with Crippen LogP contribution in [-0.2, 0) is 4.79 Å². The van der Waals surface area contributed by atoms with E-state index in [2.05, 4.69) is 27.8 Å². The minimum absolute atomic E-state index is 0.0212. The van der Waals surface area contributed by atoms with Crippen LogP contribution in [0.5, 0.6) is 11.5 Å². The average molecular weight is 300 g/mol. The van der Waals surface area contributed by atoms with Gasteiger partial charge in [-0.1, -0.05) is 22.5 Å². The first-order chi connectivity index (χ1) is 8.11. The summed E-state index contributed by atoms with van der Waals surface area (Å²) in [7, 11) is 1.59. The van der Waals surface area contributed by atoms with Crippen LogP contribution in [0.15, 0.2) is 35.3 Å². The summed E-state index contributed by atoms with van der Waals surface area (Å²) in [5.74, 6) is 1.18. The molecular formula is C12H14BrNO3. The van der Waals surface area contributed by atoms with Crippen LogP contribution in [0.2, 0.25) is 0 Å². The summed E-state index contributed by atoms with van der Waals surface area (Å²) in [6.45, 7) is 3.98. The first-order valence-corrected chi connectivity index (χ1v) is 5.78. The summed E-state index contributed by atoms with van der Waals surface area (Å²) in [6.07, 6.45) is 0. The zero-order valence-corrected chi connectivity index (χ0v) is 11.1. The van der Waals surface area contributed by atoms with Crippen LogP contribution in [0.4, 0.5) is 0 Å². The van der Waals surface area contributed by atoms with E-state index >= 15 is 0 Å². The molecule has 0 spiro atoms. The van der Waals surface area contributed by atoms with E-state index < -0.39 is 0 Å². The lowest BCUT2D eigenvalue weighted by Gasteiger charge is -2.07. The second-order valence-electron chi connectivity index (χ2n) is 3.26. The van der Waals surface area contributed by atoms with E-state index in [1.54, 1.807) is 31.4 Å². The van der Waals surface area contributed by atoms with Gasteiger partial charge in [0.05, 0.1) is 7.11 Å². The molecule has 0 heterocycles. The Hall–Kier alpha value is -1.49. The number of nitrogens with one attached hydrogen (secondary N) is 1. The highest BCUT2D eigenvalue weighted by molar-refractivity contribution is 9.11. The average Bonchev–Trinajstić information content (AvgIpc) is 2.34. The molecule has 0 unspecified atom stereocenters. The third-order valence-corrected chi connectivity index (χ3v) is 2.19. The van der Waals surface area contributed by atoms with Crippen molar-refractivity contribution in [3.8, 4) is 11.5 Å².